The highest BCUT2D eigenvalue weighted by Crippen LogP contribution is 2.24. The smallest absolute Gasteiger partial charge is 0.128 e. The first-order chi connectivity index (χ1) is 10.6. The zero-order valence-corrected chi connectivity index (χ0v) is 13.8. The number of rotatable bonds is 4. The molecular weight excluding hydrogens is 349 g/mol. The van der Waals surface area contributed by atoms with Crippen LogP contribution in [0.25, 0.3) is 0 Å². The standard InChI is InChI=1S/C16H17BrFN3O/c1-22-15-7-12(18)6-14(8-15)20-13-4-5-21(10-13)16-3-2-11(17)9-19-16/h2-3,6-9,13,20H,4-5,10H2,1H3. The Hall–Kier alpha value is -1.82. The molecule has 2 heterocycles. The summed E-state index contributed by atoms with van der Waals surface area (Å²) >= 11 is 3.39. The second-order valence-electron chi connectivity index (χ2n) is 5.29. The molecule has 0 amide bonds. The highest BCUT2D eigenvalue weighted by molar-refractivity contribution is 9.10. The number of benzene rings is 1. The maximum Gasteiger partial charge on any atom is 0.128 e. The van der Waals surface area contributed by atoms with Crippen molar-refractivity contribution in [3.05, 3.63) is 46.8 Å². The fraction of sp³-hybridized carbons (Fsp3) is 0.312. The number of halogens is 2. The van der Waals surface area contributed by atoms with Gasteiger partial charge in [0, 0.05) is 47.6 Å². The number of hydrogen-bond acceptors (Lipinski definition) is 4. The van der Waals surface area contributed by atoms with Crippen molar-refractivity contribution in [2.24, 2.45) is 0 Å². The average molecular weight is 366 g/mol. The normalized spacial score (nSPS) is 17.6. The first-order valence-corrected chi connectivity index (χ1v) is 7.91. The van der Waals surface area contributed by atoms with Gasteiger partial charge in [0.1, 0.15) is 17.4 Å². The van der Waals surface area contributed by atoms with Crippen LogP contribution < -0.4 is 15.0 Å². The molecule has 4 nitrogen and oxygen atoms in total. The van der Waals surface area contributed by atoms with E-state index >= 15 is 0 Å². The molecule has 0 saturated carbocycles. The van der Waals surface area contributed by atoms with Gasteiger partial charge in [0.05, 0.1) is 7.11 Å². The molecule has 6 heteroatoms. The van der Waals surface area contributed by atoms with Crippen LogP contribution in [-0.4, -0.2) is 31.2 Å². The topological polar surface area (TPSA) is 37.4 Å². The van der Waals surface area contributed by atoms with Gasteiger partial charge in [0.15, 0.2) is 0 Å². The van der Waals surface area contributed by atoms with Gasteiger partial charge in [-0.05, 0) is 40.5 Å². The van der Waals surface area contributed by atoms with E-state index in [1.165, 1.54) is 19.2 Å². The third kappa shape index (κ3) is 3.50. The largest absolute Gasteiger partial charge is 0.497 e. The Morgan fingerprint density at radius 2 is 2.23 bits per heavy atom. The molecule has 1 N–H and O–H groups in total. The molecule has 22 heavy (non-hydrogen) atoms. The maximum absolute atomic E-state index is 13.5. The van der Waals surface area contributed by atoms with Crippen molar-refractivity contribution in [2.45, 2.75) is 12.5 Å². The van der Waals surface area contributed by atoms with Gasteiger partial charge in [-0.2, -0.15) is 0 Å². The lowest BCUT2D eigenvalue weighted by Crippen LogP contribution is -2.26. The zero-order valence-electron chi connectivity index (χ0n) is 12.2. The van der Waals surface area contributed by atoms with Gasteiger partial charge in [0.25, 0.3) is 0 Å². The van der Waals surface area contributed by atoms with Gasteiger partial charge < -0.3 is 15.0 Å². The highest BCUT2D eigenvalue weighted by Gasteiger charge is 2.23. The van der Waals surface area contributed by atoms with Crippen molar-refractivity contribution in [1.29, 1.82) is 0 Å². The van der Waals surface area contributed by atoms with Crippen LogP contribution in [0.5, 0.6) is 5.75 Å². The molecule has 1 atom stereocenters. The minimum Gasteiger partial charge on any atom is -0.497 e. The van der Waals surface area contributed by atoms with E-state index in [1.54, 1.807) is 6.20 Å². The molecule has 1 aliphatic rings. The van der Waals surface area contributed by atoms with Crippen LogP contribution >= 0.6 is 15.9 Å². The SMILES string of the molecule is COc1cc(F)cc(NC2CCN(c3ccc(Br)cn3)C2)c1. The summed E-state index contributed by atoms with van der Waals surface area (Å²) in [6, 6.07) is 8.92. The molecule has 0 bridgehead atoms. The average Bonchev–Trinajstić information content (AvgIpc) is 2.95. The summed E-state index contributed by atoms with van der Waals surface area (Å²) < 4.78 is 19.6. The van der Waals surface area contributed by atoms with Gasteiger partial charge >= 0.3 is 0 Å². The van der Waals surface area contributed by atoms with Crippen LogP contribution in [0.1, 0.15) is 6.42 Å². The second kappa shape index (κ2) is 6.52. The van der Waals surface area contributed by atoms with Gasteiger partial charge in [-0.25, -0.2) is 9.37 Å². The number of nitrogens with one attached hydrogen (secondary N) is 1. The molecule has 1 fully saturated rings. The number of methoxy groups -OCH3 is 1. The molecule has 1 aromatic carbocycles. The summed E-state index contributed by atoms with van der Waals surface area (Å²) in [6.45, 7) is 1.77. The number of hydrogen-bond donors (Lipinski definition) is 1. The molecule has 2 aromatic rings. The van der Waals surface area contributed by atoms with Crippen molar-refractivity contribution in [1.82, 2.24) is 4.98 Å². The maximum atomic E-state index is 13.5. The molecule has 1 saturated heterocycles. The highest BCUT2D eigenvalue weighted by atomic mass is 79.9. The Labute approximate surface area is 137 Å². The second-order valence-corrected chi connectivity index (χ2v) is 6.21. The lowest BCUT2D eigenvalue weighted by Gasteiger charge is -2.18. The predicted molar refractivity (Wildman–Crippen MR) is 89.1 cm³/mol. The lowest BCUT2D eigenvalue weighted by molar-refractivity contribution is 0.411. The lowest BCUT2D eigenvalue weighted by atomic mass is 10.2. The Balaban J connectivity index is 1.66. The van der Waals surface area contributed by atoms with E-state index < -0.39 is 0 Å². The van der Waals surface area contributed by atoms with E-state index in [0.717, 1.165) is 35.5 Å². The van der Waals surface area contributed by atoms with Gasteiger partial charge in [-0.15, -0.1) is 0 Å². The summed E-state index contributed by atoms with van der Waals surface area (Å²) in [5.74, 6) is 1.18. The number of anilines is 2. The van der Waals surface area contributed by atoms with Crippen molar-refractivity contribution in [2.75, 3.05) is 30.4 Å². The van der Waals surface area contributed by atoms with Crippen LogP contribution in [0.15, 0.2) is 41.0 Å². The van der Waals surface area contributed by atoms with E-state index in [2.05, 4.69) is 31.1 Å². The van der Waals surface area contributed by atoms with Gasteiger partial charge in [0.2, 0.25) is 0 Å². The van der Waals surface area contributed by atoms with E-state index in [1.807, 2.05) is 18.2 Å². The summed E-state index contributed by atoms with van der Waals surface area (Å²) in [7, 11) is 1.54. The number of aromatic nitrogens is 1. The summed E-state index contributed by atoms with van der Waals surface area (Å²) in [6.07, 6.45) is 2.78. The first-order valence-electron chi connectivity index (χ1n) is 7.11. The Morgan fingerprint density at radius 1 is 1.36 bits per heavy atom. The molecule has 116 valence electrons. The molecular formula is C16H17BrFN3O. The molecule has 1 aliphatic heterocycles. The molecule has 3 rings (SSSR count). The van der Waals surface area contributed by atoms with Crippen LogP contribution in [0.2, 0.25) is 0 Å². The monoisotopic (exact) mass is 365 g/mol. The van der Waals surface area contributed by atoms with Crippen molar-refractivity contribution in [3.63, 3.8) is 0 Å². The summed E-state index contributed by atoms with van der Waals surface area (Å²) in [5, 5.41) is 3.37. The van der Waals surface area contributed by atoms with Crippen molar-refractivity contribution in [3.8, 4) is 5.75 Å². The molecule has 0 spiro atoms. The third-order valence-corrected chi connectivity index (χ3v) is 4.17. The quantitative estimate of drug-likeness (QED) is 0.896. The minimum atomic E-state index is -0.300. The van der Waals surface area contributed by atoms with Crippen molar-refractivity contribution >= 4 is 27.4 Å². The first kappa shape index (κ1) is 15.1. The Kier molecular flexibility index (Phi) is 4.47. The number of pyridine rings is 1. The zero-order chi connectivity index (χ0) is 15.5. The molecule has 1 aromatic heterocycles. The minimum absolute atomic E-state index is 0.261. The van der Waals surface area contributed by atoms with Crippen LogP contribution in [-0.2, 0) is 0 Å². The van der Waals surface area contributed by atoms with E-state index in [4.69, 9.17) is 4.74 Å². The van der Waals surface area contributed by atoms with E-state index in [-0.39, 0.29) is 11.9 Å². The summed E-state index contributed by atoms with van der Waals surface area (Å²) in [4.78, 5) is 6.64. The number of ether oxygens (including phenoxy) is 1. The van der Waals surface area contributed by atoms with Crippen LogP contribution in [0, 0.1) is 5.82 Å². The Morgan fingerprint density at radius 3 is 2.95 bits per heavy atom. The predicted octanol–water partition coefficient (Wildman–Crippen LogP) is 3.68. The van der Waals surface area contributed by atoms with Gasteiger partial charge in [-0.1, -0.05) is 0 Å². The Bertz CT molecular complexity index is 650. The molecule has 0 aliphatic carbocycles. The van der Waals surface area contributed by atoms with Gasteiger partial charge in [-0.3, -0.25) is 0 Å². The fourth-order valence-electron chi connectivity index (χ4n) is 2.64. The van der Waals surface area contributed by atoms with E-state index in [0.29, 0.717) is 5.75 Å². The summed E-state index contributed by atoms with van der Waals surface area (Å²) in [5.41, 5.74) is 0.743. The van der Waals surface area contributed by atoms with Crippen molar-refractivity contribution < 1.29 is 9.13 Å². The fourth-order valence-corrected chi connectivity index (χ4v) is 2.88. The van der Waals surface area contributed by atoms with Crippen LogP contribution in [0.3, 0.4) is 0 Å². The third-order valence-electron chi connectivity index (χ3n) is 3.70. The van der Waals surface area contributed by atoms with Crippen LogP contribution in [0.4, 0.5) is 15.9 Å². The number of nitrogens with zero attached hydrogens (tertiary/aromatic N) is 2. The molecule has 1 unspecified atom stereocenters. The van der Waals surface area contributed by atoms with E-state index in [9.17, 15) is 4.39 Å². The molecule has 0 radical (unpaired) electrons.